The molecule has 1 unspecified atom stereocenters. The van der Waals surface area contributed by atoms with Gasteiger partial charge >= 0.3 is 0 Å². The van der Waals surface area contributed by atoms with Crippen LogP contribution >= 0.6 is 11.6 Å². The lowest BCUT2D eigenvalue weighted by molar-refractivity contribution is 0.0991. The lowest BCUT2D eigenvalue weighted by Gasteiger charge is -2.06. The van der Waals surface area contributed by atoms with Gasteiger partial charge in [0, 0.05) is 5.56 Å². The first-order valence-electron chi connectivity index (χ1n) is 4.00. The molecular formula is C10H11ClO2. The quantitative estimate of drug-likeness (QED) is 0.586. The van der Waals surface area contributed by atoms with E-state index in [1.54, 1.807) is 19.1 Å². The number of aryl methyl sites for hydroxylation is 1. The lowest BCUT2D eigenvalue weighted by atomic mass is 10.0. The van der Waals surface area contributed by atoms with E-state index in [1.807, 2.05) is 6.92 Å². The zero-order valence-corrected chi connectivity index (χ0v) is 8.30. The summed E-state index contributed by atoms with van der Waals surface area (Å²) < 4.78 is 0. The molecule has 1 N–H and O–H groups in total. The van der Waals surface area contributed by atoms with Gasteiger partial charge in [-0.3, -0.25) is 4.79 Å². The number of Topliss-reactive ketones (excluding diaryl/α,β-unsaturated/α-hetero) is 1. The highest BCUT2D eigenvalue weighted by Crippen LogP contribution is 2.18. The lowest BCUT2D eigenvalue weighted by Crippen LogP contribution is -2.11. The van der Waals surface area contributed by atoms with Gasteiger partial charge in [0.2, 0.25) is 0 Å². The van der Waals surface area contributed by atoms with Crippen molar-refractivity contribution >= 4 is 17.4 Å². The van der Waals surface area contributed by atoms with Gasteiger partial charge in [0.05, 0.1) is 5.38 Å². The van der Waals surface area contributed by atoms with Crippen molar-refractivity contribution in [2.24, 2.45) is 0 Å². The van der Waals surface area contributed by atoms with Gasteiger partial charge in [-0.1, -0.05) is 6.07 Å². The van der Waals surface area contributed by atoms with Crippen molar-refractivity contribution in [1.82, 2.24) is 0 Å². The maximum atomic E-state index is 11.5. The van der Waals surface area contributed by atoms with Crippen LogP contribution in [0.3, 0.4) is 0 Å². The van der Waals surface area contributed by atoms with Crippen molar-refractivity contribution in [3.63, 3.8) is 0 Å². The van der Waals surface area contributed by atoms with Crippen molar-refractivity contribution < 1.29 is 9.90 Å². The van der Waals surface area contributed by atoms with Gasteiger partial charge in [-0.05, 0) is 31.5 Å². The molecule has 0 spiro atoms. The zero-order chi connectivity index (χ0) is 10.0. The Balaban J connectivity index is 3.13. The van der Waals surface area contributed by atoms with Gasteiger partial charge in [-0.15, -0.1) is 11.6 Å². The van der Waals surface area contributed by atoms with Gasteiger partial charge in [-0.2, -0.15) is 0 Å². The molecule has 0 aliphatic carbocycles. The summed E-state index contributed by atoms with van der Waals surface area (Å²) in [6.45, 7) is 3.43. The topological polar surface area (TPSA) is 37.3 Å². The first kappa shape index (κ1) is 10.1. The number of phenols is 1. The highest BCUT2D eigenvalue weighted by molar-refractivity contribution is 6.33. The van der Waals surface area contributed by atoms with E-state index in [2.05, 4.69) is 0 Å². The van der Waals surface area contributed by atoms with Crippen LogP contribution in [0.25, 0.3) is 0 Å². The minimum absolute atomic E-state index is 0.0891. The molecule has 0 saturated carbocycles. The predicted octanol–water partition coefficient (Wildman–Crippen LogP) is 2.51. The Morgan fingerprint density at radius 2 is 2.15 bits per heavy atom. The van der Waals surface area contributed by atoms with Gasteiger partial charge in [0.15, 0.2) is 5.78 Å². The fraction of sp³-hybridized carbons (Fsp3) is 0.300. The van der Waals surface area contributed by atoms with Crippen LogP contribution in [0.2, 0.25) is 0 Å². The molecule has 1 rings (SSSR count). The number of carbonyl (C=O) groups excluding carboxylic acids is 1. The average molecular weight is 199 g/mol. The molecule has 2 nitrogen and oxygen atoms in total. The van der Waals surface area contributed by atoms with Crippen molar-refractivity contribution in [3.05, 3.63) is 29.3 Å². The zero-order valence-electron chi connectivity index (χ0n) is 7.54. The molecule has 0 saturated heterocycles. The minimum Gasteiger partial charge on any atom is -0.508 e. The summed E-state index contributed by atoms with van der Waals surface area (Å²) in [5.74, 6) is -0.0682. The number of hydrogen-bond acceptors (Lipinski definition) is 2. The Hall–Kier alpha value is -1.02. The number of alkyl halides is 1. The summed E-state index contributed by atoms with van der Waals surface area (Å²) in [4.78, 5) is 11.5. The summed E-state index contributed by atoms with van der Waals surface area (Å²) in [6.07, 6.45) is 0. The number of hydrogen-bond donors (Lipinski definition) is 1. The maximum absolute atomic E-state index is 11.5. The van der Waals surface area contributed by atoms with Crippen molar-refractivity contribution in [2.45, 2.75) is 19.2 Å². The molecule has 0 amide bonds. The van der Waals surface area contributed by atoms with Gasteiger partial charge in [0.1, 0.15) is 5.75 Å². The third kappa shape index (κ3) is 2.22. The fourth-order valence-electron chi connectivity index (χ4n) is 1.09. The van der Waals surface area contributed by atoms with Crippen LogP contribution in [0.5, 0.6) is 5.75 Å². The van der Waals surface area contributed by atoms with E-state index < -0.39 is 5.38 Å². The third-order valence-corrected chi connectivity index (χ3v) is 2.05. The Bertz CT molecular complexity index is 332. The molecule has 0 aromatic heterocycles. The third-order valence-electron chi connectivity index (χ3n) is 1.85. The molecule has 1 aromatic rings. The molecule has 70 valence electrons. The van der Waals surface area contributed by atoms with Gasteiger partial charge in [0.25, 0.3) is 0 Å². The molecule has 0 fully saturated rings. The van der Waals surface area contributed by atoms with E-state index >= 15 is 0 Å². The second-order valence-corrected chi connectivity index (χ2v) is 3.63. The number of ketones is 1. The van der Waals surface area contributed by atoms with Crippen LogP contribution in [-0.4, -0.2) is 16.3 Å². The molecule has 0 aliphatic heterocycles. The molecule has 1 aromatic carbocycles. The summed E-state index contributed by atoms with van der Waals surface area (Å²) in [7, 11) is 0. The number of benzene rings is 1. The molecule has 0 aliphatic rings. The fourth-order valence-corrected chi connectivity index (χ4v) is 1.21. The Labute approximate surface area is 82.2 Å². The van der Waals surface area contributed by atoms with Crippen LogP contribution in [-0.2, 0) is 0 Å². The predicted molar refractivity (Wildman–Crippen MR) is 52.5 cm³/mol. The highest BCUT2D eigenvalue weighted by Gasteiger charge is 2.14. The van der Waals surface area contributed by atoms with E-state index in [0.717, 1.165) is 5.56 Å². The van der Waals surface area contributed by atoms with Crippen LogP contribution in [0.1, 0.15) is 22.8 Å². The summed E-state index contributed by atoms with van der Waals surface area (Å²) in [5.41, 5.74) is 1.32. The Morgan fingerprint density at radius 3 is 2.69 bits per heavy atom. The first-order chi connectivity index (χ1) is 6.02. The monoisotopic (exact) mass is 198 g/mol. The number of carbonyl (C=O) groups is 1. The van der Waals surface area contributed by atoms with Crippen molar-refractivity contribution in [1.29, 1.82) is 0 Å². The molecule has 0 radical (unpaired) electrons. The molecule has 0 heterocycles. The first-order valence-corrected chi connectivity index (χ1v) is 4.44. The SMILES string of the molecule is Cc1ccc(O)cc1C(=O)C(C)Cl. The number of rotatable bonds is 2. The van der Waals surface area contributed by atoms with Gasteiger partial charge < -0.3 is 5.11 Å². The summed E-state index contributed by atoms with van der Waals surface area (Å²) >= 11 is 5.66. The van der Waals surface area contributed by atoms with Crippen LogP contribution in [0, 0.1) is 6.92 Å². The van der Waals surface area contributed by atoms with Crippen LogP contribution in [0.4, 0.5) is 0 Å². The molecule has 1 atom stereocenters. The van der Waals surface area contributed by atoms with E-state index in [4.69, 9.17) is 11.6 Å². The number of phenolic OH excluding ortho intramolecular Hbond substituents is 1. The van der Waals surface area contributed by atoms with E-state index in [-0.39, 0.29) is 11.5 Å². The normalized spacial score (nSPS) is 12.5. The second-order valence-electron chi connectivity index (χ2n) is 2.98. The Kier molecular flexibility index (Phi) is 2.94. The smallest absolute Gasteiger partial charge is 0.180 e. The molecule has 3 heteroatoms. The van der Waals surface area contributed by atoms with Crippen molar-refractivity contribution in [3.8, 4) is 5.75 Å². The minimum atomic E-state index is -0.555. The standard InChI is InChI=1S/C10H11ClO2/c1-6-3-4-8(12)5-9(6)10(13)7(2)11/h3-5,7,12H,1-2H3. The van der Waals surface area contributed by atoms with E-state index in [1.165, 1.54) is 6.07 Å². The average Bonchev–Trinajstić information content (AvgIpc) is 2.08. The number of halogens is 1. The van der Waals surface area contributed by atoms with E-state index in [9.17, 15) is 9.90 Å². The second kappa shape index (κ2) is 3.79. The van der Waals surface area contributed by atoms with Crippen LogP contribution < -0.4 is 0 Å². The number of aromatic hydroxyl groups is 1. The maximum Gasteiger partial charge on any atom is 0.180 e. The van der Waals surface area contributed by atoms with Crippen LogP contribution in [0.15, 0.2) is 18.2 Å². The van der Waals surface area contributed by atoms with Gasteiger partial charge in [-0.25, -0.2) is 0 Å². The highest BCUT2D eigenvalue weighted by atomic mass is 35.5. The molecular weight excluding hydrogens is 188 g/mol. The summed E-state index contributed by atoms with van der Waals surface area (Å²) in [6, 6.07) is 4.68. The summed E-state index contributed by atoms with van der Waals surface area (Å²) in [5, 5.41) is 8.62. The van der Waals surface area contributed by atoms with Crippen molar-refractivity contribution in [2.75, 3.05) is 0 Å². The van der Waals surface area contributed by atoms with E-state index in [0.29, 0.717) is 5.56 Å². The Morgan fingerprint density at radius 1 is 1.54 bits per heavy atom. The molecule has 13 heavy (non-hydrogen) atoms. The molecule has 0 bridgehead atoms. The largest absolute Gasteiger partial charge is 0.508 e.